The first-order valence-corrected chi connectivity index (χ1v) is 10.6. The van der Waals surface area contributed by atoms with Crippen molar-refractivity contribution in [3.8, 4) is 5.75 Å². The van der Waals surface area contributed by atoms with Gasteiger partial charge in [0.25, 0.3) is 0 Å². The molecule has 0 radical (unpaired) electrons. The van der Waals surface area contributed by atoms with Gasteiger partial charge in [-0.2, -0.15) is 5.10 Å². The number of ether oxygens (including phenoxy) is 1. The molecule has 1 aromatic heterocycles. The summed E-state index contributed by atoms with van der Waals surface area (Å²) in [5.74, 6) is 1.67. The summed E-state index contributed by atoms with van der Waals surface area (Å²) in [6.07, 6.45) is 7.06. The molecule has 1 aliphatic heterocycles. The molecule has 0 bridgehead atoms. The second-order valence-corrected chi connectivity index (χ2v) is 7.75. The third-order valence-corrected chi connectivity index (χ3v) is 5.69. The first-order valence-electron chi connectivity index (χ1n) is 10.6. The Hall–Kier alpha value is -2.41. The highest BCUT2D eigenvalue weighted by atomic mass is 16.5. The normalized spacial score (nSPS) is 17.2. The van der Waals surface area contributed by atoms with Crippen molar-refractivity contribution in [1.82, 2.24) is 24.6 Å². The number of carbonyl (C=O) groups is 1. The molecule has 1 amide bonds. The lowest BCUT2D eigenvalue weighted by atomic mass is 9.96. The average Bonchev–Trinajstić information content (AvgIpc) is 3.28. The monoisotopic (exact) mass is 399 g/mol. The minimum Gasteiger partial charge on any atom is -0.497 e. The highest BCUT2D eigenvalue weighted by molar-refractivity contribution is 5.76. The zero-order valence-corrected chi connectivity index (χ0v) is 17.7. The van der Waals surface area contributed by atoms with E-state index in [0.717, 1.165) is 44.9 Å². The van der Waals surface area contributed by atoms with E-state index in [2.05, 4.69) is 40.1 Å². The summed E-state index contributed by atoms with van der Waals surface area (Å²) < 4.78 is 7.04. The summed E-state index contributed by atoms with van der Waals surface area (Å²) in [6.45, 7) is 7.53. The molecule has 1 saturated heterocycles. The highest BCUT2D eigenvalue weighted by Crippen LogP contribution is 2.19. The number of amides is 1. The van der Waals surface area contributed by atoms with E-state index in [4.69, 9.17) is 4.74 Å². The van der Waals surface area contributed by atoms with Gasteiger partial charge in [0.15, 0.2) is 0 Å². The Bertz CT molecular complexity index is 749. The van der Waals surface area contributed by atoms with Crippen molar-refractivity contribution in [3.63, 3.8) is 0 Å². The van der Waals surface area contributed by atoms with E-state index in [1.165, 1.54) is 24.7 Å². The van der Waals surface area contributed by atoms with Crippen molar-refractivity contribution in [1.29, 1.82) is 0 Å². The Kier molecular flexibility index (Phi) is 8.04. The van der Waals surface area contributed by atoms with E-state index < -0.39 is 0 Å². The van der Waals surface area contributed by atoms with E-state index in [1.54, 1.807) is 18.1 Å². The second kappa shape index (κ2) is 11.0. The Morgan fingerprint density at radius 1 is 1.34 bits per heavy atom. The maximum Gasteiger partial charge on any atom is 0.224 e. The molecule has 29 heavy (non-hydrogen) atoms. The largest absolute Gasteiger partial charge is 0.497 e. The zero-order chi connectivity index (χ0) is 20.5. The Balaban J connectivity index is 1.45. The van der Waals surface area contributed by atoms with Gasteiger partial charge in [0, 0.05) is 32.6 Å². The van der Waals surface area contributed by atoms with E-state index in [9.17, 15) is 4.79 Å². The van der Waals surface area contributed by atoms with Gasteiger partial charge < -0.3 is 14.5 Å². The summed E-state index contributed by atoms with van der Waals surface area (Å²) in [4.78, 5) is 21.1. The smallest absolute Gasteiger partial charge is 0.224 e. The lowest BCUT2D eigenvalue weighted by Gasteiger charge is -2.35. The fraction of sp³-hybridized carbons (Fsp3) is 0.591. The number of rotatable bonds is 10. The molecule has 0 N–H and O–H groups in total. The van der Waals surface area contributed by atoms with Gasteiger partial charge in [-0.05, 0) is 56.3 Å². The Morgan fingerprint density at radius 2 is 2.24 bits per heavy atom. The van der Waals surface area contributed by atoms with Crippen molar-refractivity contribution in [3.05, 3.63) is 42.5 Å². The maximum absolute atomic E-state index is 12.6. The average molecular weight is 400 g/mol. The molecule has 7 nitrogen and oxygen atoms in total. The van der Waals surface area contributed by atoms with Gasteiger partial charge in [0.1, 0.15) is 18.4 Å². The van der Waals surface area contributed by atoms with E-state index >= 15 is 0 Å². The third kappa shape index (κ3) is 6.56. The van der Waals surface area contributed by atoms with Crippen LogP contribution < -0.4 is 4.74 Å². The second-order valence-electron chi connectivity index (χ2n) is 7.75. The van der Waals surface area contributed by atoms with Crippen molar-refractivity contribution >= 4 is 5.91 Å². The van der Waals surface area contributed by atoms with Crippen LogP contribution in [-0.2, 0) is 17.8 Å². The maximum atomic E-state index is 12.6. The van der Waals surface area contributed by atoms with Crippen LogP contribution in [0.4, 0.5) is 0 Å². The molecule has 1 aliphatic rings. The molecule has 1 fully saturated rings. The molecule has 1 atom stereocenters. The predicted octanol–water partition coefficient (Wildman–Crippen LogP) is 2.48. The molecule has 1 aromatic carbocycles. The minimum atomic E-state index is 0.205. The number of hydrogen-bond acceptors (Lipinski definition) is 5. The van der Waals surface area contributed by atoms with Gasteiger partial charge in [-0.15, -0.1) is 0 Å². The van der Waals surface area contributed by atoms with Gasteiger partial charge in [0.2, 0.25) is 5.91 Å². The van der Waals surface area contributed by atoms with Crippen molar-refractivity contribution in [2.75, 3.05) is 39.8 Å². The summed E-state index contributed by atoms with van der Waals surface area (Å²) >= 11 is 0. The van der Waals surface area contributed by atoms with Crippen LogP contribution in [0, 0.1) is 5.92 Å². The topological polar surface area (TPSA) is 63.5 Å². The number of hydrogen-bond donors (Lipinski definition) is 0. The number of methoxy groups -OCH3 is 1. The Labute approximate surface area is 173 Å². The molecule has 0 saturated carbocycles. The lowest BCUT2D eigenvalue weighted by Crippen LogP contribution is -2.43. The van der Waals surface area contributed by atoms with Crippen LogP contribution in [0.2, 0.25) is 0 Å². The van der Waals surface area contributed by atoms with Crippen LogP contribution in [0.1, 0.15) is 31.7 Å². The summed E-state index contributed by atoms with van der Waals surface area (Å²) in [7, 11) is 1.71. The van der Waals surface area contributed by atoms with Crippen LogP contribution in [0.15, 0.2) is 36.9 Å². The lowest BCUT2D eigenvalue weighted by molar-refractivity contribution is -0.132. The number of likely N-dealkylation sites (tertiary alicyclic amines) is 1. The molecule has 0 unspecified atom stereocenters. The van der Waals surface area contributed by atoms with Crippen LogP contribution in [0.5, 0.6) is 5.75 Å². The van der Waals surface area contributed by atoms with E-state index in [-0.39, 0.29) is 5.91 Å². The number of piperidine rings is 1. The zero-order valence-electron chi connectivity index (χ0n) is 17.7. The van der Waals surface area contributed by atoms with Crippen molar-refractivity contribution in [2.24, 2.45) is 5.92 Å². The minimum absolute atomic E-state index is 0.205. The van der Waals surface area contributed by atoms with Crippen molar-refractivity contribution in [2.45, 2.75) is 39.2 Å². The molecule has 158 valence electrons. The van der Waals surface area contributed by atoms with E-state index in [0.29, 0.717) is 18.9 Å². The fourth-order valence-corrected chi connectivity index (χ4v) is 4.05. The molecular weight excluding hydrogens is 366 g/mol. The Morgan fingerprint density at radius 3 is 3.00 bits per heavy atom. The third-order valence-electron chi connectivity index (χ3n) is 5.69. The molecular formula is C22H33N5O2. The quantitative estimate of drug-likeness (QED) is 0.614. The van der Waals surface area contributed by atoms with Crippen LogP contribution in [0.25, 0.3) is 0 Å². The SMILES string of the molecule is CCN(C[C@@H]1CCCN(CCc2cccc(OC)c2)C1)C(=O)CCn1cncn1. The predicted molar refractivity (Wildman–Crippen MR) is 113 cm³/mol. The van der Waals surface area contributed by atoms with Gasteiger partial charge in [0.05, 0.1) is 13.7 Å². The standard InChI is InChI=1S/C22H33N5O2/c1-3-26(22(28)10-13-27-18-23-17-24-27)16-20-7-5-11-25(15-20)12-9-19-6-4-8-21(14-19)29-2/h4,6,8,14,17-18,20H,3,5,7,9-13,15-16H2,1-2H3/t20-/m1/s1. The fourth-order valence-electron chi connectivity index (χ4n) is 4.05. The first kappa shape index (κ1) is 21.3. The molecule has 7 heteroatoms. The number of benzene rings is 1. The first-order chi connectivity index (χ1) is 14.2. The van der Waals surface area contributed by atoms with Gasteiger partial charge in [-0.1, -0.05) is 12.1 Å². The van der Waals surface area contributed by atoms with Gasteiger partial charge in [-0.3, -0.25) is 9.48 Å². The van der Waals surface area contributed by atoms with Crippen LogP contribution >= 0.6 is 0 Å². The molecule has 2 heterocycles. The van der Waals surface area contributed by atoms with Crippen molar-refractivity contribution < 1.29 is 9.53 Å². The number of nitrogens with zero attached hydrogens (tertiary/aromatic N) is 5. The number of carbonyl (C=O) groups excluding carboxylic acids is 1. The summed E-state index contributed by atoms with van der Waals surface area (Å²) in [5.41, 5.74) is 1.31. The highest BCUT2D eigenvalue weighted by Gasteiger charge is 2.23. The van der Waals surface area contributed by atoms with Gasteiger partial charge >= 0.3 is 0 Å². The number of aromatic nitrogens is 3. The van der Waals surface area contributed by atoms with Gasteiger partial charge in [-0.25, -0.2) is 4.98 Å². The molecule has 0 aliphatic carbocycles. The summed E-state index contributed by atoms with van der Waals surface area (Å²) in [5, 5.41) is 4.08. The van der Waals surface area contributed by atoms with E-state index in [1.807, 2.05) is 11.0 Å². The van der Waals surface area contributed by atoms with Crippen LogP contribution in [0.3, 0.4) is 0 Å². The molecule has 0 spiro atoms. The summed E-state index contributed by atoms with van der Waals surface area (Å²) in [6, 6.07) is 8.32. The number of aryl methyl sites for hydroxylation is 1. The van der Waals surface area contributed by atoms with Crippen LogP contribution in [-0.4, -0.2) is 70.3 Å². The molecule has 2 aromatic rings. The molecule has 3 rings (SSSR count).